The van der Waals surface area contributed by atoms with Gasteiger partial charge in [-0.15, -0.1) is 0 Å². The molecule has 0 saturated heterocycles. The summed E-state index contributed by atoms with van der Waals surface area (Å²) in [5.41, 5.74) is 1.27. The standard InChI is InChI=1S/C17H13ClN2O3S/c18-13-3-1-12(2-4-13)17(6-7-17)16(21)22-9-14-19-15(20-23-14)11-5-8-24-10-11/h1-5,8,10H,6-7,9H2. The van der Waals surface area contributed by atoms with E-state index >= 15 is 0 Å². The molecule has 1 aromatic carbocycles. The number of ether oxygens (including phenoxy) is 1. The molecule has 3 aromatic rings. The van der Waals surface area contributed by atoms with Gasteiger partial charge in [-0.1, -0.05) is 28.9 Å². The van der Waals surface area contributed by atoms with Crippen molar-refractivity contribution in [3.05, 3.63) is 57.6 Å². The number of hydrogen-bond donors (Lipinski definition) is 0. The van der Waals surface area contributed by atoms with Gasteiger partial charge in [-0.25, -0.2) is 0 Å². The maximum atomic E-state index is 12.5. The molecule has 0 unspecified atom stereocenters. The highest BCUT2D eigenvalue weighted by Crippen LogP contribution is 2.49. The van der Waals surface area contributed by atoms with Crippen LogP contribution in [0.25, 0.3) is 11.4 Å². The molecule has 0 N–H and O–H groups in total. The van der Waals surface area contributed by atoms with E-state index in [1.807, 2.05) is 29.0 Å². The van der Waals surface area contributed by atoms with Crippen molar-refractivity contribution in [2.45, 2.75) is 24.9 Å². The number of carbonyl (C=O) groups is 1. The first-order valence-corrected chi connectivity index (χ1v) is 8.78. The number of benzene rings is 1. The average molecular weight is 361 g/mol. The molecular formula is C17H13ClN2O3S. The number of hydrogen-bond acceptors (Lipinski definition) is 6. The van der Waals surface area contributed by atoms with Crippen LogP contribution in [0.3, 0.4) is 0 Å². The van der Waals surface area contributed by atoms with E-state index in [0.717, 1.165) is 24.0 Å². The van der Waals surface area contributed by atoms with E-state index in [-0.39, 0.29) is 18.5 Å². The van der Waals surface area contributed by atoms with Crippen LogP contribution in [0.5, 0.6) is 0 Å². The smallest absolute Gasteiger partial charge is 0.317 e. The summed E-state index contributed by atoms with van der Waals surface area (Å²) in [5, 5.41) is 8.41. The predicted molar refractivity (Wildman–Crippen MR) is 89.8 cm³/mol. The van der Waals surface area contributed by atoms with Crippen LogP contribution in [0.4, 0.5) is 0 Å². The highest BCUT2D eigenvalue weighted by atomic mass is 35.5. The second-order valence-corrected chi connectivity index (χ2v) is 6.91. The van der Waals surface area contributed by atoms with Gasteiger partial charge in [0.05, 0.1) is 5.41 Å². The van der Waals surface area contributed by atoms with Crippen molar-refractivity contribution in [2.24, 2.45) is 0 Å². The lowest BCUT2D eigenvalue weighted by atomic mass is 9.96. The minimum atomic E-state index is -0.555. The van der Waals surface area contributed by atoms with Crippen LogP contribution in [-0.2, 0) is 21.6 Å². The Morgan fingerprint density at radius 2 is 2.08 bits per heavy atom. The first-order chi connectivity index (χ1) is 11.7. The number of nitrogens with zero attached hydrogens (tertiary/aromatic N) is 2. The lowest BCUT2D eigenvalue weighted by Gasteiger charge is -2.14. The summed E-state index contributed by atoms with van der Waals surface area (Å²) in [5.74, 6) is 0.526. The number of carbonyl (C=O) groups excluding carboxylic acids is 1. The van der Waals surface area contributed by atoms with Crippen molar-refractivity contribution >= 4 is 28.9 Å². The van der Waals surface area contributed by atoms with Crippen molar-refractivity contribution < 1.29 is 14.1 Å². The van der Waals surface area contributed by atoms with Gasteiger partial charge in [-0.05, 0) is 42.0 Å². The molecule has 2 aromatic heterocycles. The van der Waals surface area contributed by atoms with E-state index in [9.17, 15) is 4.79 Å². The minimum Gasteiger partial charge on any atom is -0.455 e. The summed E-state index contributed by atoms with van der Waals surface area (Å²) in [6, 6.07) is 9.23. The number of thiophene rings is 1. The van der Waals surface area contributed by atoms with Gasteiger partial charge in [0.25, 0.3) is 5.89 Å². The summed E-state index contributed by atoms with van der Waals surface area (Å²) < 4.78 is 10.5. The second kappa shape index (κ2) is 6.03. The Labute approximate surface area is 147 Å². The molecule has 0 bridgehead atoms. The van der Waals surface area contributed by atoms with Gasteiger partial charge >= 0.3 is 5.97 Å². The van der Waals surface area contributed by atoms with E-state index in [1.54, 1.807) is 23.5 Å². The Morgan fingerprint density at radius 1 is 1.29 bits per heavy atom. The molecule has 1 aliphatic carbocycles. The molecular weight excluding hydrogens is 348 g/mol. The molecule has 5 nitrogen and oxygen atoms in total. The molecule has 1 aliphatic rings. The quantitative estimate of drug-likeness (QED) is 0.637. The normalized spacial score (nSPS) is 15.2. The summed E-state index contributed by atoms with van der Waals surface area (Å²) in [7, 11) is 0. The Bertz CT molecular complexity index is 854. The van der Waals surface area contributed by atoms with Crippen molar-refractivity contribution in [3.63, 3.8) is 0 Å². The van der Waals surface area contributed by atoms with Crippen LogP contribution >= 0.6 is 22.9 Å². The SMILES string of the molecule is O=C(OCc1nc(-c2ccsc2)no1)C1(c2ccc(Cl)cc2)CC1. The fourth-order valence-corrected chi connectivity index (χ4v) is 3.35. The molecule has 4 rings (SSSR count). The van der Waals surface area contributed by atoms with E-state index in [4.69, 9.17) is 20.9 Å². The molecule has 1 saturated carbocycles. The first-order valence-electron chi connectivity index (χ1n) is 7.46. The van der Waals surface area contributed by atoms with Crippen molar-refractivity contribution in [1.29, 1.82) is 0 Å². The molecule has 0 aliphatic heterocycles. The summed E-state index contributed by atoms with van der Waals surface area (Å²) in [6.07, 6.45) is 1.55. The minimum absolute atomic E-state index is 0.0225. The number of rotatable bonds is 5. The molecule has 0 radical (unpaired) electrons. The van der Waals surface area contributed by atoms with E-state index in [1.165, 1.54) is 0 Å². The van der Waals surface area contributed by atoms with Crippen LogP contribution in [-0.4, -0.2) is 16.1 Å². The zero-order valence-electron chi connectivity index (χ0n) is 12.6. The fraction of sp³-hybridized carbons (Fsp3) is 0.235. The van der Waals surface area contributed by atoms with Gasteiger partial charge in [0.1, 0.15) is 0 Å². The van der Waals surface area contributed by atoms with Crippen LogP contribution in [0.1, 0.15) is 24.3 Å². The third-order valence-corrected chi connectivity index (χ3v) is 5.05. The number of esters is 1. The Balaban J connectivity index is 1.43. The van der Waals surface area contributed by atoms with Crippen molar-refractivity contribution in [2.75, 3.05) is 0 Å². The third kappa shape index (κ3) is 2.83. The van der Waals surface area contributed by atoms with Crippen molar-refractivity contribution in [3.8, 4) is 11.4 Å². The Hall–Kier alpha value is -2.18. The average Bonchev–Trinajstić information content (AvgIpc) is 3.00. The summed E-state index contributed by atoms with van der Waals surface area (Å²) >= 11 is 7.46. The maximum Gasteiger partial charge on any atom is 0.317 e. The largest absolute Gasteiger partial charge is 0.455 e. The van der Waals surface area contributed by atoms with Crippen molar-refractivity contribution in [1.82, 2.24) is 10.1 Å². The van der Waals surface area contributed by atoms with Gasteiger partial charge in [0.2, 0.25) is 5.82 Å². The molecule has 2 heterocycles. The topological polar surface area (TPSA) is 65.2 Å². The second-order valence-electron chi connectivity index (χ2n) is 5.69. The number of aromatic nitrogens is 2. The van der Waals surface area contributed by atoms with Crippen LogP contribution in [0.2, 0.25) is 5.02 Å². The maximum absolute atomic E-state index is 12.5. The predicted octanol–water partition coefficient (Wildman–Crippen LogP) is 4.23. The third-order valence-electron chi connectivity index (χ3n) is 4.11. The highest BCUT2D eigenvalue weighted by Gasteiger charge is 2.52. The van der Waals surface area contributed by atoms with Gasteiger partial charge in [-0.3, -0.25) is 4.79 Å². The highest BCUT2D eigenvalue weighted by molar-refractivity contribution is 7.08. The van der Waals surface area contributed by atoms with Crippen LogP contribution in [0.15, 0.2) is 45.6 Å². The van der Waals surface area contributed by atoms with Crippen LogP contribution in [0, 0.1) is 0 Å². The summed E-state index contributed by atoms with van der Waals surface area (Å²) in [6.45, 7) is -0.0225. The molecule has 122 valence electrons. The van der Waals surface area contributed by atoms with Gasteiger partial charge in [0, 0.05) is 16.0 Å². The molecule has 7 heteroatoms. The van der Waals surface area contributed by atoms with Gasteiger partial charge < -0.3 is 9.26 Å². The van der Waals surface area contributed by atoms with E-state index in [0.29, 0.717) is 10.8 Å². The van der Waals surface area contributed by atoms with Gasteiger partial charge in [-0.2, -0.15) is 16.3 Å². The monoisotopic (exact) mass is 360 g/mol. The van der Waals surface area contributed by atoms with E-state index in [2.05, 4.69) is 10.1 Å². The van der Waals surface area contributed by atoms with Crippen LogP contribution < -0.4 is 0 Å². The molecule has 24 heavy (non-hydrogen) atoms. The molecule has 0 spiro atoms. The first kappa shape index (κ1) is 15.4. The molecule has 1 fully saturated rings. The fourth-order valence-electron chi connectivity index (χ4n) is 2.59. The Morgan fingerprint density at radius 3 is 2.75 bits per heavy atom. The lowest BCUT2D eigenvalue weighted by Crippen LogP contribution is -2.23. The zero-order valence-corrected chi connectivity index (χ0v) is 14.1. The molecule has 0 atom stereocenters. The number of halogens is 1. The van der Waals surface area contributed by atoms with Gasteiger partial charge in [0.15, 0.2) is 6.61 Å². The lowest BCUT2D eigenvalue weighted by molar-refractivity contribution is -0.148. The van der Waals surface area contributed by atoms with E-state index < -0.39 is 5.41 Å². The Kier molecular flexibility index (Phi) is 3.86. The zero-order chi connectivity index (χ0) is 16.6. The molecule has 0 amide bonds. The summed E-state index contributed by atoms with van der Waals surface area (Å²) in [4.78, 5) is 16.7.